The predicted octanol–water partition coefficient (Wildman–Crippen LogP) is 15.1. The van der Waals surface area contributed by atoms with Gasteiger partial charge in [-0.2, -0.15) is 0 Å². The van der Waals surface area contributed by atoms with Gasteiger partial charge in [0.05, 0.1) is 10.4 Å². The number of anilines is 3. The number of hydrogen-bond donors (Lipinski definition) is 0. The standard InChI is InChI=1S/C50H31NOS/c1-2-10-32(11-3-1)36-14-8-15-37(30-36)33-20-24-38(25-21-33)51(39-26-29-46-44(31-39)48-40-16-6-4-12-34(40)23-28-47(48)52-46)45-19-9-18-42-43-27-22-35-13-5-7-17-41(35)49(43)53-50(42)45/h1-31H. The largest absolute Gasteiger partial charge is 0.456 e. The lowest BCUT2D eigenvalue weighted by Crippen LogP contribution is -2.10. The van der Waals surface area contributed by atoms with E-state index in [1.807, 2.05) is 11.3 Å². The van der Waals surface area contributed by atoms with E-state index in [-0.39, 0.29) is 0 Å². The Hall–Kier alpha value is -6.68. The molecule has 2 heterocycles. The molecule has 0 N–H and O–H groups in total. The maximum Gasteiger partial charge on any atom is 0.136 e. The van der Waals surface area contributed by atoms with E-state index in [0.717, 1.165) is 39.0 Å². The second-order valence-electron chi connectivity index (χ2n) is 13.7. The van der Waals surface area contributed by atoms with Gasteiger partial charge in [-0.3, -0.25) is 0 Å². The number of fused-ring (bicyclic) bond motifs is 10. The van der Waals surface area contributed by atoms with Crippen molar-refractivity contribution in [3.05, 3.63) is 188 Å². The Balaban J connectivity index is 1.12. The lowest BCUT2D eigenvalue weighted by atomic mass is 9.99. The van der Waals surface area contributed by atoms with E-state index >= 15 is 0 Å². The van der Waals surface area contributed by atoms with Crippen LogP contribution in [0.3, 0.4) is 0 Å². The minimum atomic E-state index is 0.889. The van der Waals surface area contributed by atoms with E-state index in [1.54, 1.807) is 0 Å². The first-order valence-electron chi connectivity index (χ1n) is 18.0. The number of hydrogen-bond acceptors (Lipinski definition) is 3. The average molecular weight is 694 g/mol. The summed E-state index contributed by atoms with van der Waals surface area (Å²) in [6.45, 7) is 0. The fourth-order valence-corrected chi connectivity index (χ4v) is 9.44. The smallest absolute Gasteiger partial charge is 0.136 e. The van der Waals surface area contributed by atoms with Gasteiger partial charge in [-0.05, 0) is 92.3 Å². The van der Waals surface area contributed by atoms with Crippen LogP contribution in [0.1, 0.15) is 0 Å². The number of benzene rings is 9. The van der Waals surface area contributed by atoms with Crippen LogP contribution in [0.5, 0.6) is 0 Å². The summed E-state index contributed by atoms with van der Waals surface area (Å²) in [5.74, 6) is 0. The van der Waals surface area contributed by atoms with E-state index in [9.17, 15) is 0 Å². The molecule has 0 unspecified atom stereocenters. The second-order valence-corrected chi connectivity index (χ2v) is 14.7. The molecule has 0 radical (unpaired) electrons. The van der Waals surface area contributed by atoms with Crippen molar-refractivity contribution >= 4 is 92.1 Å². The molecule has 0 saturated heterocycles. The highest BCUT2D eigenvalue weighted by atomic mass is 32.1. The molecule has 0 aliphatic carbocycles. The molecule has 2 nitrogen and oxygen atoms in total. The fourth-order valence-electron chi connectivity index (χ4n) is 8.10. The van der Waals surface area contributed by atoms with Crippen molar-refractivity contribution in [2.75, 3.05) is 4.90 Å². The van der Waals surface area contributed by atoms with Crippen molar-refractivity contribution in [1.82, 2.24) is 0 Å². The van der Waals surface area contributed by atoms with Crippen molar-refractivity contribution in [2.45, 2.75) is 0 Å². The number of nitrogens with zero attached hydrogens (tertiary/aromatic N) is 1. The molecule has 0 bridgehead atoms. The number of thiophene rings is 1. The van der Waals surface area contributed by atoms with Crippen LogP contribution in [-0.4, -0.2) is 0 Å². The van der Waals surface area contributed by atoms with Crippen LogP contribution < -0.4 is 4.90 Å². The minimum Gasteiger partial charge on any atom is -0.456 e. The first-order chi connectivity index (χ1) is 26.3. The summed E-state index contributed by atoms with van der Waals surface area (Å²) in [5.41, 5.74) is 9.94. The highest BCUT2D eigenvalue weighted by Crippen LogP contribution is 2.47. The maximum atomic E-state index is 6.45. The van der Waals surface area contributed by atoms with Crippen LogP contribution in [0, 0.1) is 0 Å². The Morgan fingerprint density at radius 2 is 0.962 bits per heavy atom. The molecule has 248 valence electrons. The molecule has 11 rings (SSSR count). The molecule has 0 aliphatic rings. The van der Waals surface area contributed by atoms with Crippen molar-refractivity contribution in [3.8, 4) is 22.3 Å². The molecular formula is C50H31NOS. The summed E-state index contributed by atoms with van der Waals surface area (Å²) in [5, 5.41) is 9.80. The molecule has 0 saturated carbocycles. The van der Waals surface area contributed by atoms with Crippen molar-refractivity contribution in [3.63, 3.8) is 0 Å². The van der Waals surface area contributed by atoms with Crippen molar-refractivity contribution in [2.24, 2.45) is 0 Å². The van der Waals surface area contributed by atoms with Crippen LogP contribution in [-0.2, 0) is 0 Å². The third-order valence-electron chi connectivity index (χ3n) is 10.6. The molecular weight excluding hydrogens is 663 g/mol. The topological polar surface area (TPSA) is 16.4 Å². The molecule has 0 amide bonds. The van der Waals surface area contributed by atoms with Gasteiger partial charge in [-0.25, -0.2) is 0 Å². The number of furan rings is 1. The van der Waals surface area contributed by atoms with E-state index in [2.05, 4.69) is 193 Å². The molecule has 2 aromatic heterocycles. The van der Waals surface area contributed by atoms with Crippen molar-refractivity contribution < 1.29 is 4.42 Å². The van der Waals surface area contributed by atoms with Crippen LogP contribution >= 0.6 is 11.3 Å². The number of rotatable bonds is 5. The summed E-state index contributed by atoms with van der Waals surface area (Å²) in [6.07, 6.45) is 0. The highest BCUT2D eigenvalue weighted by Gasteiger charge is 2.21. The quantitative estimate of drug-likeness (QED) is 0.178. The molecule has 11 aromatic rings. The fraction of sp³-hybridized carbons (Fsp3) is 0. The molecule has 3 heteroatoms. The zero-order valence-electron chi connectivity index (χ0n) is 28.7. The molecule has 0 aliphatic heterocycles. The van der Waals surface area contributed by atoms with Gasteiger partial charge in [0, 0.05) is 37.6 Å². The third kappa shape index (κ3) is 4.86. The van der Waals surface area contributed by atoms with Gasteiger partial charge in [0.2, 0.25) is 0 Å². The van der Waals surface area contributed by atoms with E-state index < -0.39 is 0 Å². The molecule has 0 fully saturated rings. The maximum absolute atomic E-state index is 6.45. The Kier molecular flexibility index (Phi) is 6.76. The summed E-state index contributed by atoms with van der Waals surface area (Å²) in [7, 11) is 0. The van der Waals surface area contributed by atoms with Gasteiger partial charge in [0.25, 0.3) is 0 Å². The van der Waals surface area contributed by atoms with Gasteiger partial charge >= 0.3 is 0 Å². The van der Waals surface area contributed by atoms with E-state index in [4.69, 9.17) is 4.42 Å². The summed E-state index contributed by atoms with van der Waals surface area (Å²) >= 11 is 1.88. The van der Waals surface area contributed by atoms with Crippen LogP contribution in [0.4, 0.5) is 17.1 Å². The molecule has 53 heavy (non-hydrogen) atoms. The second kappa shape index (κ2) is 11.9. The van der Waals surface area contributed by atoms with Gasteiger partial charge in [0.15, 0.2) is 0 Å². The summed E-state index contributed by atoms with van der Waals surface area (Å²) < 4.78 is 9.03. The highest BCUT2D eigenvalue weighted by molar-refractivity contribution is 7.27. The third-order valence-corrected chi connectivity index (χ3v) is 11.9. The lowest BCUT2D eigenvalue weighted by Gasteiger charge is -2.26. The average Bonchev–Trinajstić information content (AvgIpc) is 3.81. The Morgan fingerprint density at radius 3 is 1.79 bits per heavy atom. The predicted molar refractivity (Wildman–Crippen MR) is 227 cm³/mol. The SMILES string of the molecule is c1ccc(-c2cccc(-c3ccc(N(c4ccc5oc6ccc7ccccc7c6c5c4)c4cccc5c4sc4c6ccccc6ccc54)cc3)c2)cc1. The van der Waals surface area contributed by atoms with Gasteiger partial charge in [-0.1, -0.05) is 140 Å². The normalized spacial score (nSPS) is 11.8. The van der Waals surface area contributed by atoms with Crippen LogP contribution in [0.2, 0.25) is 0 Å². The Labute approximate surface area is 310 Å². The Morgan fingerprint density at radius 1 is 0.358 bits per heavy atom. The molecule has 0 atom stereocenters. The summed E-state index contributed by atoms with van der Waals surface area (Å²) in [4.78, 5) is 2.42. The zero-order valence-corrected chi connectivity index (χ0v) is 29.5. The van der Waals surface area contributed by atoms with Gasteiger partial charge in [0.1, 0.15) is 11.2 Å². The van der Waals surface area contributed by atoms with Gasteiger partial charge in [-0.15, -0.1) is 11.3 Å². The monoisotopic (exact) mass is 693 g/mol. The van der Waals surface area contributed by atoms with E-state index in [1.165, 1.54) is 64.0 Å². The van der Waals surface area contributed by atoms with Crippen LogP contribution in [0.25, 0.3) is 85.9 Å². The van der Waals surface area contributed by atoms with Gasteiger partial charge < -0.3 is 9.32 Å². The molecule has 9 aromatic carbocycles. The van der Waals surface area contributed by atoms with Crippen LogP contribution in [0.15, 0.2) is 192 Å². The lowest BCUT2D eigenvalue weighted by molar-refractivity contribution is 0.669. The van der Waals surface area contributed by atoms with E-state index in [0.29, 0.717) is 0 Å². The molecule has 0 spiro atoms. The minimum absolute atomic E-state index is 0.889. The summed E-state index contributed by atoms with van der Waals surface area (Å²) in [6, 6.07) is 67.9. The zero-order chi connectivity index (χ0) is 34.9. The first kappa shape index (κ1) is 30.0. The Bertz CT molecular complexity index is 3170. The first-order valence-corrected chi connectivity index (χ1v) is 18.8. The van der Waals surface area contributed by atoms with Crippen molar-refractivity contribution in [1.29, 1.82) is 0 Å².